The van der Waals surface area contributed by atoms with Gasteiger partial charge in [-0.2, -0.15) is 18.4 Å². The number of nitriles is 1. The van der Waals surface area contributed by atoms with Crippen molar-refractivity contribution >= 4 is 5.97 Å². The zero-order valence-corrected chi connectivity index (χ0v) is 9.14. The standard InChI is InChI=1S/C11H7F4NO2/c1-2-18-10(17)9-6(5-16)8(12)4-3-7(9)11(13,14)15/h3-4H,2H2,1H3. The summed E-state index contributed by atoms with van der Waals surface area (Å²) < 4.78 is 55.6. The maximum absolute atomic E-state index is 13.2. The first-order valence-electron chi connectivity index (χ1n) is 4.79. The number of alkyl halides is 3. The van der Waals surface area contributed by atoms with Crippen LogP contribution in [0.1, 0.15) is 28.4 Å². The van der Waals surface area contributed by atoms with Crippen LogP contribution in [0, 0.1) is 17.1 Å². The molecule has 0 fully saturated rings. The van der Waals surface area contributed by atoms with E-state index < -0.39 is 34.7 Å². The summed E-state index contributed by atoms with van der Waals surface area (Å²) in [5.41, 5.74) is -3.45. The Morgan fingerprint density at radius 1 is 1.44 bits per heavy atom. The predicted molar refractivity (Wildman–Crippen MR) is 52.1 cm³/mol. The molecule has 0 bridgehead atoms. The van der Waals surface area contributed by atoms with E-state index in [4.69, 9.17) is 5.26 Å². The minimum absolute atomic E-state index is 0.183. The van der Waals surface area contributed by atoms with Crippen LogP contribution in [0.4, 0.5) is 17.6 Å². The SMILES string of the molecule is CCOC(=O)c1c(C(F)(F)F)ccc(F)c1C#N. The van der Waals surface area contributed by atoms with Crippen LogP contribution in [0.3, 0.4) is 0 Å². The molecule has 1 aromatic carbocycles. The first-order valence-corrected chi connectivity index (χ1v) is 4.79. The molecule has 18 heavy (non-hydrogen) atoms. The Morgan fingerprint density at radius 2 is 2.06 bits per heavy atom. The summed E-state index contributed by atoms with van der Waals surface area (Å²) in [4.78, 5) is 11.4. The summed E-state index contributed by atoms with van der Waals surface area (Å²) in [6.07, 6.45) is -4.87. The molecule has 7 heteroatoms. The van der Waals surface area contributed by atoms with Crippen molar-refractivity contribution in [1.29, 1.82) is 5.26 Å². The number of nitrogens with zero attached hydrogens (tertiary/aromatic N) is 1. The number of esters is 1. The molecule has 3 nitrogen and oxygen atoms in total. The van der Waals surface area contributed by atoms with E-state index >= 15 is 0 Å². The zero-order valence-electron chi connectivity index (χ0n) is 9.14. The molecule has 0 aliphatic heterocycles. The van der Waals surface area contributed by atoms with Gasteiger partial charge in [0, 0.05) is 0 Å². The van der Waals surface area contributed by atoms with Crippen LogP contribution >= 0.6 is 0 Å². The third kappa shape index (κ3) is 2.59. The van der Waals surface area contributed by atoms with Gasteiger partial charge in [-0.05, 0) is 19.1 Å². The number of carbonyl (C=O) groups excluding carboxylic acids is 1. The van der Waals surface area contributed by atoms with Crippen LogP contribution in [0.2, 0.25) is 0 Å². The van der Waals surface area contributed by atoms with Crippen LogP contribution in [-0.2, 0) is 10.9 Å². The van der Waals surface area contributed by atoms with E-state index in [2.05, 4.69) is 4.74 Å². The molecule has 0 spiro atoms. The van der Waals surface area contributed by atoms with Gasteiger partial charge in [0.1, 0.15) is 17.4 Å². The van der Waals surface area contributed by atoms with Crippen LogP contribution in [-0.4, -0.2) is 12.6 Å². The van der Waals surface area contributed by atoms with Crippen LogP contribution < -0.4 is 0 Å². The fourth-order valence-electron chi connectivity index (χ4n) is 1.34. The topological polar surface area (TPSA) is 50.1 Å². The van der Waals surface area contributed by atoms with Gasteiger partial charge in [0.15, 0.2) is 0 Å². The van der Waals surface area contributed by atoms with Crippen molar-refractivity contribution < 1.29 is 27.1 Å². The molecular formula is C11H7F4NO2. The molecule has 0 saturated heterocycles. The van der Waals surface area contributed by atoms with Crippen LogP contribution in [0.25, 0.3) is 0 Å². The van der Waals surface area contributed by atoms with Crippen molar-refractivity contribution in [2.24, 2.45) is 0 Å². The molecule has 0 aliphatic carbocycles. The highest BCUT2D eigenvalue weighted by Gasteiger charge is 2.38. The Morgan fingerprint density at radius 3 is 2.50 bits per heavy atom. The van der Waals surface area contributed by atoms with Crippen LogP contribution in [0.15, 0.2) is 12.1 Å². The molecule has 0 radical (unpaired) electrons. The molecule has 0 aromatic heterocycles. The number of benzene rings is 1. The van der Waals surface area contributed by atoms with E-state index in [9.17, 15) is 22.4 Å². The number of halogens is 4. The molecule has 0 heterocycles. The van der Waals surface area contributed by atoms with Gasteiger partial charge >= 0.3 is 12.1 Å². The van der Waals surface area contributed by atoms with E-state index in [0.717, 1.165) is 0 Å². The smallest absolute Gasteiger partial charge is 0.417 e. The highest BCUT2D eigenvalue weighted by Crippen LogP contribution is 2.34. The van der Waals surface area contributed by atoms with Gasteiger partial charge in [-0.25, -0.2) is 9.18 Å². The van der Waals surface area contributed by atoms with E-state index in [1.54, 1.807) is 0 Å². The van der Waals surface area contributed by atoms with Crippen molar-refractivity contribution in [3.05, 3.63) is 34.6 Å². The van der Waals surface area contributed by atoms with Crippen molar-refractivity contribution in [2.45, 2.75) is 13.1 Å². The Kier molecular flexibility index (Phi) is 3.91. The lowest BCUT2D eigenvalue weighted by Gasteiger charge is -2.13. The second-order valence-electron chi connectivity index (χ2n) is 3.17. The summed E-state index contributed by atoms with van der Waals surface area (Å²) in [5.74, 6) is -2.57. The Balaban J connectivity index is 3.56. The van der Waals surface area contributed by atoms with Crippen molar-refractivity contribution in [3.8, 4) is 6.07 Å². The minimum Gasteiger partial charge on any atom is -0.462 e. The molecule has 0 saturated carbocycles. The lowest BCUT2D eigenvalue weighted by atomic mass is 10.0. The minimum atomic E-state index is -4.87. The fraction of sp³-hybridized carbons (Fsp3) is 0.273. The monoisotopic (exact) mass is 261 g/mol. The largest absolute Gasteiger partial charge is 0.462 e. The van der Waals surface area contributed by atoms with Gasteiger partial charge in [-0.3, -0.25) is 0 Å². The Bertz CT molecular complexity index is 517. The summed E-state index contributed by atoms with van der Waals surface area (Å²) in [6, 6.07) is 2.14. The normalized spacial score (nSPS) is 10.9. The first kappa shape index (κ1) is 14.0. The van der Waals surface area contributed by atoms with Gasteiger partial charge in [-0.1, -0.05) is 0 Å². The quantitative estimate of drug-likeness (QED) is 0.607. The molecule has 0 amide bonds. The fourth-order valence-corrected chi connectivity index (χ4v) is 1.34. The second-order valence-corrected chi connectivity index (χ2v) is 3.17. The molecule has 1 rings (SSSR count). The third-order valence-corrected chi connectivity index (χ3v) is 2.05. The molecule has 0 atom stereocenters. The number of ether oxygens (including phenoxy) is 1. The van der Waals surface area contributed by atoms with Gasteiger partial charge in [0.25, 0.3) is 0 Å². The lowest BCUT2D eigenvalue weighted by Crippen LogP contribution is -2.17. The van der Waals surface area contributed by atoms with Gasteiger partial charge < -0.3 is 4.74 Å². The van der Waals surface area contributed by atoms with Gasteiger partial charge in [0.05, 0.1) is 17.7 Å². The Labute approximate surface area is 99.6 Å². The zero-order chi connectivity index (χ0) is 13.9. The van der Waals surface area contributed by atoms with Gasteiger partial charge in [-0.15, -0.1) is 0 Å². The molecule has 96 valence electrons. The number of hydrogen-bond donors (Lipinski definition) is 0. The van der Waals surface area contributed by atoms with Gasteiger partial charge in [0.2, 0.25) is 0 Å². The van der Waals surface area contributed by atoms with Crippen molar-refractivity contribution in [2.75, 3.05) is 6.61 Å². The van der Waals surface area contributed by atoms with Crippen molar-refractivity contribution in [3.63, 3.8) is 0 Å². The summed E-state index contributed by atoms with van der Waals surface area (Å²) in [7, 11) is 0. The number of carbonyl (C=O) groups is 1. The van der Waals surface area contributed by atoms with E-state index in [0.29, 0.717) is 12.1 Å². The predicted octanol–water partition coefficient (Wildman–Crippen LogP) is 2.89. The molecule has 0 N–H and O–H groups in total. The lowest BCUT2D eigenvalue weighted by molar-refractivity contribution is -0.138. The Hall–Kier alpha value is -2.10. The maximum atomic E-state index is 13.2. The van der Waals surface area contributed by atoms with E-state index in [-0.39, 0.29) is 6.61 Å². The molecule has 0 aliphatic rings. The van der Waals surface area contributed by atoms with E-state index in [1.165, 1.54) is 13.0 Å². The second kappa shape index (κ2) is 5.04. The number of hydrogen-bond acceptors (Lipinski definition) is 3. The summed E-state index contributed by atoms with van der Waals surface area (Å²) >= 11 is 0. The molecule has 0 unspecified atom stereocenters. The molecular weight excluding hydrogens is 254 g/mol. The maximum Gasteiger partial charge on any atom is 0.417 e. The van der Waals surface area contributed by atoms with Crippen LogP contribution in [0.5, 0.6) is 0 Å². The highest BCUT2D eigenvalue weighted by atomic mass is 19.4. The average Bonchev–Trinajstić information content (AvgIpc) is 2.27. The number of rotatable bonds is 2. The average molecular weight is 261 g/mol. The van der Waals surface area contributed by atoms with E-state index in [1.807, 2.05) is 0 Å². The first-order chi connectivity index (χ1) is 8.32. The summed E-state index contributed by atoms with van der Waals surface area (Å²) in [5, 5.41) is 8.64. The molecule has 1 aromatic rings. The highest BCUT2D eigenvalue weighted by molar-refractivity contribution is 5.94. The summed E-state index contributed by atoms with van der Waals surface area (Å²) in [6.45, 7) is 1.20. The third-order valence-electron chi connectivity index (χ3n) is 2.05. The van der Waals surface area contributed by atoms with Crippen molar-refractivity contribution in [1.82, 2.24) is 0 Å².